The number of nitrogen functional groups attached to an aromatic ring is 1. The van der Waals surface area contributed by atoms with E-state index < -0.39 is 0 Å². The van der Waals surface area contributed by atoms with E-state index in [4.69, 9.17) is 5.73 Å². The zero-order valence-corrected chi connectivity index (χ0v) is 8.53. The number of nitrogens with two attached hydrogens (primary N) is 1. The summed E-state index contributed by atoms with van der Waals surface area (Å²) in [6.45, 7) is 3.31. The van der Waals surface area contributed by atoms with Crippen molar-refractivity contribution in [3.8, 4) is 0 Å². The van der Waals surface area contributed by atoms with Gasteiger partial charge in [-0.2, -0.15) is 0 Å². The van der Waals surface area contributed by atoms with Crippen molar-refractivity contribution in [2.75, 3.05) is 5.73 Å². The van der Waals surface area contributed by atoms with Gasteiger partial charge in [0.05, 0.1) is 0 Å². The highest BCUT2D eigenvalue weighted by Gasteiger charge is 1.99. The summed E-state index contributed by atoms with van der Waals surface area (Å²) in [7, 11) is 0. The van der Waals surface area contributed by atoms with Gasteiger partial charge < -0.3 is 10.3 Å². The monoisotopic (exact) mass is 188 g/mol. The molecule has 0 aliphatic carbocycles. The number of aryl methyl sites for hydroxylation is 1. The number of rotatable bonds is 3. The van der Waals surface area contributed by atoms with Crippen LogP contribution in [0.4, 0.5) is 5.69 Å². The Kier molecular flexibility index (Phi) is 2.44. The number of hydrogen-bond donors (Lipinski definition) is 1. The van der Waals surface area contributed by atoms with Crippen molar-refractivity contribution in [1.29, 1.82) is 0 Å². The standard InChI is InChI=1S/C12H16N2/c1-2-3-7-14-8-6-10-9-11(13)4-5-12(10)14/h4-6,8-9H,2-3,7,13H2,1H3. The summed E-state index contributed by atoms with van der Waals surface area (Å²) >= 11 is 0. The first kappa shape index (κ1) is 9.13. The van der Waals surface area contributed by atoms with Gasteiger partial charge in [-0.15, -0.1) is 0 Å². The van der Waals surface area contributed by atoms with E-state index in [0.29, 0.717) is 0 Å². The summed E-state index contributed by atoms with van der Waals surface area (Å²) in [6.07, 6.45) is 4.60. The number of fused-ring (bicyclic) bond motifs is 1. The van der Waals surface area contributed by atoms with E-state index in [2.05, 4.69) is 29.8 Å². The second-order valence-corrected chi connectivity index (χ2v) is 3.68. The summed E-state index contributed by atoms with van der Waals surface area (Å²) in [4.78, 5) is 0. The first-order valence-corrected chi connectivity index (χ1v) is 5.15. The molecule has 2 N–H and O–H groups in total. The summed E-state index contributed by atoms with van der Waals surface area (Å²) in [5.41, 5.74) is 7.85. The topological polar surface area (TPSA) is 30.9 Å². The predicted octanol–water partition coefficient (Wildman–Crippen LogP) is 3.02. The normalized spacial score (nSPS) is 10.9. The third kappa shape index (κ3) is 1.60. The molecule has 2 rings (SSSR count). The molecule has 0 radical (unpaired) electrons. The van der Waals surface area contributed by atoms with Crippen LogP contribution in [0.15, 0.2) is 30.5 Å². The average Bonchev–Trinajstić information content (AvgIpc) is 2.57. The van der Waals surface area contributed by atoms with Crippen molar-refractivity contribution in [2.24, 2.45) is 0 Å². The highest BCUT2D eigenvalue weighted by Crippen LogP contribution is 2.19. The third-order valence-electron chi connectivity index (χ3n) is 2.55. The Hall–Kier alpha value is -1.44. The Bertz CT molecular complexity index is 429. The molecule has 0 aliphatic heterocycles. The molecule has 74 valence electrons. The SMILES string of the molecule is CCCCn1ccc2cc(N)ccc21. The molecule has 0 atom stereocenters. The van der Waals surface area contributed by atoms with Crippen LogP contribution >= 0.6 is 0 Å². The Balaban J connectivity index is 2.37. The van der Waals surface area contributed by atoms with E-state index in [1.807, 2.05) is 12.1 Å². The highest BCUT2D eigenvalue weighted by molar-refractivity contribution is 5.83. The molecule has 1 aromatic heterocycles. The van der Waals surface area contributed by atoms with Gasteiger partial charge in [0.25, 0.3) is 0 Å². The van der Waals surface area contributed by atoms with Crippen LogP contribution in [-0.2, 0) is 6.54 Å². The van der Waals surface area contributed by atoms with Gasteiger partial charge in [0.2, 0.25) is 0 Å². The second kappa shape index (κ2) is 3.74. The largest absolute Gasteiger partial charge is 0.399 e. The molecule has 0 bridgehead atoms. The Morgan fingerprint density at radius 2 is 2.14 bits per heavy atom. The lowest BCUT2D eigenvalue weighted by Crippen LogP contribution is -1.95. The van der Waals surface area contributed by atoms with Crippen molar-refractivity contribution in [3.05, 3.63) is 30.5 Å². The van der Waals surface area contributed by atoms with E-state index in [1.165, 1.54) is 23.7 Å². The number of unbranched alkanes of at least 4 members (excludes halogenated alkanes) is 1. The Morgan fingerprint density at radius 3 is 2.93 bits per heavy atom. The Labute approximate surface area is 84.3 Å². The minimum Gasteiger partial charge on any atom is -0.399 e. The van der Waals surface area contributed by atoms with Crippen LogP contribution in [0.3, 0.4) is 0 Å². The maximum Gasteiger partial charge on any atom is 0.0481 e. The third-order valence-corrected chi connectivity index (χ3v) is 2.55. The van der Waals surface area contributed by atoms with Gasteiger partial charge in [-0.1, -0.05) is 13.3 Å². The number of benzene rings is 1. The minimum absolute atomic E-state index is 0.839. The van der Waals surface area contributed by atoms with Crippen molar-refractivity contribution < 1.29 is 0 Å². The fourth-order valence-electron chi connectivity index (χ4n) is 1.74. The van der Waals surface area contributed by atoms with Crippen LogP contribution in [0.2, 0.25) is 0 Å². The zero-order chi connectivity index (χ0) is 9.97. The van der Waals surface area contributed by atoms with Crippen LogP contribution in [-0.4, -0.2) is 4.57 Å². The lowest BCUT2D eigenvalue weighted by Gasteiger charge is -2.03. The average molecular weight is 188 g/mol. The zero-order valence-electron chi connectivity index (χ0n) is 8.53. The van der Waals surface area contributed by atoms with Gasteiger partial charge in [-0.25, -0.2) is 0 Å². The number of aromatic nitrogens is 1. The van der Waals surface area contributed by atoms with Gasteiger partial charge in [0.15, 0.2) is 0 Å². The predicted molar refractivity (Wildman–Crippen MR) is 61.3 cm³/mol. The molecule has 2 nitrogen and oxygen atoms in total. The van der Waals surface area contributed by atoms with Crippen LogP contribution in [0.25, 0.3) is 10.9 Å². The minimum atomic E-state index is 0.839. The molecule has 0 unspecified atom stereocenters. The lowest BCUT2D eigenvalue weighted by atomic mass is 10.2. The molecular weight excluding hydrogens is 172 g/mol. The lowest BCUT2D eigenvalue weighted by molar-refractivity contribution is 0.650. The molecular formula is C12H16N2. The highest BCUT2D eigenvalue weighted by atomic mass is 14.9. The molecule has 0 spiro atoms. The summed E-state index contributed by atoms with van der Waals surface area (Å²) in [5, 5.41) is 1.24. The van der Waals surface area contributed by atoms with Gasteiger partial charge in [-0.3, -0.25) is 0 Å². The fraction of sp³-hybridized carbons (Fsp3) is 0.333. The quantitative estimate of drug-likeness (QED) is 0.737. The van der Waals surface area contributed by atoms with Crippen molar-refractivity contribution in [3.63, 3.8) is 0 Å². The van der Waals surface area contributed by atoms with Crippen molar-refractivity contribution in [1.82, 2.24) is 4.57 Å². The van der Waals surface area contributed by atoms with Gasteiger partial charge >= 0.3 is 0 Å². The molecule has 2 aromatic rings. The van der Waals surface area contributed by atoms with E-state index in [-0.39, 0.29) is 0 Å². The molecule has 0 aliphatic rings. The summed E-state index contributed by atoms with van der Waals surface area (Å²) < 4.78 is 2.29. The van der Waals surface area contributed by atoms with E-state index in [0.717, 1.165) is 12.2 Å². The van der Waals surface area contributed by atoms with Crippen LogP contribution < -0.4 is 5.73 Å². The van der Waals surface area contributed by atoms with Crippen molar-refractivity contribution >= 4 is 16.6 Å². The summed E-state index contributed by atoms with van der Waals surface area (Å²) in [6, 6.07) is 8.21. The summed E-state index contributed by atoms with van der Waals surface area (Å²) in [5.74, 6) is 0. The van der Waals surface area contributed by atoms with Gasteiger partial charge in [-0.05, 0) is 30.7 Å². The molecule has 1 aromatic carbocycles. The molecule has 14 heavy (non-hydrogen) atoms. The maximum atomic E-state index is 5.72. The van der Waals surface area contributed by atoms with Crippen LogP contribution in [0, 0.1) is 0 Å². The Morgan fingerprint density at radius 1 is 1.29 bits per heavy atom. The van der Waals surface area contributed by atoms with Gasteiger partial charge in [0, 0.05) is 29.3 Å². The van der Waals surface area contributed by atoms with Crippen LogP contribution in [0.1, 0.15) is 19.8 Å². The molecule has 1 heterocycles. The molecule has 0 amide bonds. The van der Waals surface area contributed by atoms with Crippen molar-refractivity contribution in [2.45, 2.75) is 26.3 Å². The first-order valence-electron chi connectivity index (χ1n) is 5.15. The van der Waals surface area contributed by atoms with E-state index >= 15 is 0 Å². The van der Waals surface area contributed by atoms with E-state index in [1.54, 1.807) is 0 Å². The van der Waals surface area contributed by atoms with E-state index in [9.17, 15) is 0 Å². The smallest absolute Gasteiger partial charge is 0.0481 e. The second-order valence-electron chi connectivity index (χ2n) is 3.68. The molecule has 0 saturated carbocycles. The number of nitrogens with zero attached hydrogens (tertiary/aromatic N) is 1. The number of anilines is 1. The fourth-order valence-corrected chi connectivity index (χ4v) is 1.74. The molecule has 2 heteroatoms. The maximum absolute atomic E-state index is 5.72. The molecule has 0 saturated heterocycles. The van der Waals surface area contributed by atoms with Crippen LogP contribution in [0.5, 0.6) is 0 Å². The number of hydrogen-bond acceptors (Lipinski definition) is 1. The molecule has 0 fully saturated rings. The van der Waals surface area contributed by atoms with Gasteiger partial charge in [0.1, 0.15) is 0 Å². The first-order chi connectivity index (χ1) is 6.81.